The highest BCUT2D eigenvalue weighted by Crippen LogP contribution is 2.31. The van der Waals surface area contributed by atoms with E-state index in [1.165, 1.54) is 18.3 Å². The van der Waals surface area contributed by atoms with Crippen LogP contribution in [0.4, 0.5) is 11.5 Å². The van der Waals surface area contributed by atoms with Crippen molar-refractivity contribution in [2.24, 2.45) is 5.92 Å². The molecule has 2 fully saturated rings. The van der Waals surface area contributed by atoms with Crippen molar-refractivity contribution < 1.29 is 19.1 Å². The molecule has 1 saturated heterocycles. The van der Waals surface area contributed by atoms with E-state index in [0.29, 0.717) is 43.4 Å². The van der Waals surface area contributed by atoms with E-state index < -0.39 is 5.91 Å². The largest absolute Gasteiger partial charge is 0.378 e. The van der Waals surface area contributed by atoms with Gasteiger partial charge in [-0.25, -0.2) is 4.98 Å². The van der Waals surface area contributed by atoms with E-state index in [1.807, 2.05) is 0 Å². The Labute approximate surface area is 188 Å². The Hall–Kier alpha value is -2.68. The van der Waals surface area contributed by atoms with E-state index in [4.69, 9.17) is 27.9 Å². The number of morpholine rings is 1. The normalized spacial score (nSPS) is 16.0. The summed E-state index contributed by atoms with van der Waals surface area (Å²) in [5.74, 6) is -0.451. The zero-order valence-electron chi connectivity index (χ0n) is 16.5. The second-order valence-electron chi connectivity index (χ2n) is 7.37. The molecule has 0 radical (unpaired) electrons. The lowest BCUT2D eigenvalue weighted by atomic mass is 10.1. The van der Waals surface area contributed by atoms with Gasteiger partial charge in [0.2, 0.25) is 5.91 Å². The van der Waals surface area contributed by atoms with Crippen LogP contribution in [-0.4, -0.2) is 53.9 Å². The number of carbonyl (C=O) groups excluding carboxylic acids is 3. The topological polar surface area (TPSA) is 101 Å². The van der Waals surface area contributed by atoms with E-state index in [1.54, 1.807) is 17.0 Å². The third kappa shape index (κ3) is 5.15. The zero-order valence-corrected chi connectivity index (χ0v) is 18.0. The Kier molecular flexibility index (Phi) is 6.41. The Morgan fingerprint density at radius 1 is 1.03 bits per heavy atom. The number of carbonyl (C=O) groups is 3. The molecule has 1 aliphatic carbocycles. The predicted octanol–water partition coefficient (Wildman–Crippen LogP) is 3.46. The van der Waals surface area contributed by atoms with Crippen LogP contribution in [0.2, 0.25) is 10.0 Å². The van der Waals surface area contributed by atoms with E-state index in [0.717, 1.165) is 12.8 Å². The molecule has 4 rings (SSSR count). The Balaban J connectivity index is 1.48. The highest BCUT2D eigenvalue weighted by molar-refractivity contribution is 6.41. The van der Waals surface area contributed by atoms with E-state index in [2.05, 4.69) is 15.6 Å². The van der Waals surface area contributed by atoms with Gasteiger partial charge in [-0.2, -0.15) is 0 Å². The zero-order chi connectivity index (χ0) is 22.0. The molecular formula is C21H20Cl2N4O4. The lowest BCUT2D eigenvalue weighted by molar-refractivity contribution is -0.117. The molecule has 0 bridgehead atoms. The van der Waals surface area contributed by atoms with Gasteiger partial charge in [0, 0.05) is 42.5 Å². The first kappa shape index (κ1) is 21.5. The molecule has 2 aromatic rings. The fourth-order valence-corrected chi connectivity index (χ4v) is 3.87. The summed E-state index contributed by atoms with van der Waals surface area (Å²) in [7, 11) is 0. The number of halogens is 2. The average Bonchev–Trinajstić information content (AvgIpc) is 3.59. The summed E-state index contributed by atoms with van der Waals surface area (Å²) in [6.07, 6.45) is 3.23. The lowest BCUT2D eigenvalue weighted by Crippen LogP contribution is -2.40. The van der Waals surface area contributed by atoms with Gasteiger partial charge < -0.3 is 20.3 Å². The predicted molar refractivity (Wildman–Crippen MR) is 117 cm³/mol. The van der Waals surface area contributed by atoms with Crippen molar-refractivity contribution >= 4 is 52.4 Å². The van der Waals surface area contributed by atoms with Crippen LogP contribution in [0.15, 0.2) is 30.5 Å². The summed E-state index contributed by atoms with van der Waals surface area (Å²) in [4.78, 5) is 43.1. The molecule has 2 N–H and O–H groups in total. The summed E-state index contributed by atoms with van der Waals surface area (Å²) in [6.45, 7) is 1.92. The summed E-state index contributed by atoms with van der Waals surface area (Å²) < 4.78 is 5.26. The molecule has 2 aliphatic rings. The summed E-state index contributed by atoms with van der Waals surface area (Å²) in [5, 5.41) is 5.56. The number of benzene rings is 1. The first-order chi connectivity index (χ1) is 14.9. The van der Waals surface area contributed by atoms with E-state index in [-0.39, 0.29) is 33.3 Å². The molecule has 1 saturated carbocycles. The van der Waals surface area contributed by atoms with Gasteiger partial charge in [0.15, 0.2) is 0 Å². The second kappa shape index (κ2) is 9.21. The smallest absolute Gasteiger partial charge is 0.258 e. The molecule has 31 heavy (non-hydrogen) atoms. The number of ether oxygens (including phenoxy) is 1. The second-order valence-corrected chi connectivity index (χ2v) is 8.18. The van der Waals surface area contributed by atoms with Gasteiger partial charge in [-0.1, -0.05) is 23.2 Å². The van der Waals surface area contributed by atoms with Crippen LogP contribution in [0, 0.1) is 5.92 Å². The maximum Gasteiger partial charge on any atom is 0.258 e. The maximum atomic E-state index is 12.8. The van der Waals surface area contributed by atoms with Gasteiger partial charge >= 0.3 is 0 Å². The third-order valence-corrected chi connectivity index (χ3v) is 5.63. The van der Waals surface area contributed by atoms with E-state index in [9.17, 15) is 14.4 Å². The summed E-state index contributed by atoms with van der Waals surface area (Å²) >= 11 is 12.6. The first-order valence-electron chi connectivity index (χ1n) is 9.86. The third-order valence-electron chi connectivity index (χ3n) is 5.03. The fourth-order valence-electron chi connectivity index (χ4n) is 3.21. The van der Waals surface area contributed by atoms with Gasteiger partial charge in [-0.3, -0.25) is 14.4 Å². The van der Waals surface area contributed by atoms with Gasteiger partial charge in [0.1, 0.15) is 5.82 Å². The lowest BCUT2D eigenvalue weighted by Gasteiger charge is -2.27. The monoisotopic (exact) mass is 462 g/mol. The fraction of sp³-hybridized carbons (Fsp3) is 0.333. The minimum Gasteiger partial charge on any atom is -0.378 e. The van der Waals surface area contributed by atoms with Crippen molar-refractivity contribution in [3.63, 3.8) is 0 Å². The molecule has 1 aliphatic heterocycles. The molecule has 10 heteroatoms. The number of hydrogen-bond acceptors (Lipinski definition) is 5. The van der Waals surface area contributed by atoms with Gasteiger partial charge in [0.25, 0.3) is 11.8 Å². The number of aromatic nitrogens is 1. The van der Waals surface area contributed by atoms with Crippen molar-refractivity contribution in [2.75, 3.05) is 36.9 Å². The van der Waals surface area contributed by atoms with Crippen molar-refractivity contribution in [3.05, 3.63) is 51.6 Å². The average molecular weight is 463 g/mol. The number of rotatable bonds is 5. The molecule has 1 aromatic heterocycles. The molecule has 3 amide bonds. The van der Waals surface area contributed by atoms with Gasteiger partial charge in [-0.05, 0) is 31.0 Å². The van der Waals surface area contributed by atoms with Crippen LogP contribution in [-0.2, 0) is 9.53 Å². The van der Waals surface area contributed by atoms with Gasteiger partial charge in [0.05, 0.1) is 28.8 Å². The highest BCUT2D eigenvalue weighted by atomic mass is 35.5. The number of nitrogens with one attached hydrogen (secondary N) is 2. The molecule has 0 spiro atoms. The van der Waals surface area contributed by atoms with Crippen LogP contribution in [0.3, 0.4) is 0 Å². The Morgan fingerprint density at radius 3 is 2.35 bits per heavy atom. The van der Waals surface area contributed by atoms with Crippen molar-refractivity contribution in [1.29, 1.82) is 0 Å². The van der Waals surface area contributed by atoms with Crippen molar-refractivity contribution in [2.45, 2.75) is 12.8 Å². The summed E-state index contributed by atoms with van der Waals surface area (Å²) in [5.41, 5.74) is 0.788. The van der Waals surface area contributed by atoms with Crippen LogP contribution < -0.4 is 10.6 Å². The van der Waals surface area contributed by atoms with Gasteiger partial charge in [-0.15, -0.1) is 0 Å². The minimum atomic E-state index is -0.536. The Morgan fingerprint density at radius 2 is 1.71 bits per heavy atom. The van der Waals surface area contributed by atoms with Crippen LogP contribution in [0.5, 0.6) is 0 Å². The highest BCUT2D eigenvalue weighted by Gasteiger charge is 2.30. The standard InChI is InChI=1S/C21H20Cl2N4O4/c22-15-9-13(21(30)27-5-7-31-8-6-27)10-16(23)18(15)20(29)25-14-3-4-24-17(11-14)26-19(28)12-1-2-12/h3-4,9-12H,1-2,5-8H2,(H2,24,25,26,28,29). The first-order valence-corrected chi connectivity index (χ1v) is 10.6. The molecular weight excluding hydrogens is 443 g/mol. The number of pyridine rings is 1. The molecule has 1 aromatic carbocycles. The molecule has 162 valence electrons. The van der Waals surface area contributed by atoms with Crippen molar-refractivity contribution in [1.82, 2.24) is 9.88 Å². The number of hydrogen-bond donors (Lipinski definition) is 2. The molecule has 0 atom stereocenters. The summed E-state index contributed by atoms with van der Waals surface area (Å²) in [6, 6.07) is 6.01. The molecule has 2 heterocycles. The van der Waals surface area contributed by atoms with E-state index >= 15 is 0 Å². The number of amides is 3. The maximum absolute atomic E-state index is 12.8. The van der Waals surface area contributed by atoms with Crippen LogP contribution >= 0.6 is 23.2 Å². The van der Waals surface area contributed by atoms with Crippen LogP contribution in [0.1, 0.15) is 33.6 Å². The van der Waals surface area contributed by atoms with Crippen molar-refractivity contribution in [3.8, 4) is 0 Å². The number of anilines is 2. The minimum absolute atomic E-state index is 0.0383. The quantitative estimate of drug-likeness (QED) is 0.708. The van der Waals surface area contributed by atoms with Crippen LogP contribution in [0.25, 0.3) is 0 Å². The molecule has 0 unspecified atom stereocenters. The Bertz CT molecular complexity index is 1010. The molecule has 8 nitrogen and oxygen atoms in total. The number of nitrogens with zero attached hydrogens (tertiary/aromatic N) is 2. The SMILES string of the molecule is O=C(Nc1ccnc(NC(=O)C2CC2)c1)c1c(Cl)cc(C(=O)N2CCOCC2)cc1Cl.